The minimum absolute atomic E-state index is 0.312. The molecule has 0 aliphatic heterocycles. The Kier molecular flexibility index (Phi) is 3.29. The normalized spacial score (nSPS) is 22.4. The first-order valence-electron chi connectivity index (χ1n) is 7.41. The molecule has 1 atom stereocenters. The Hall–Kier alpha value is -0.690. The molecule has 2 aliphatic rings. The molecule has 1 nitrogen and oxygen atoms in total. The van der Waals surface area contributed by atoms with Crippen LogP contribution in [0.5, 0.6) is 5.75 Å². The molecule has 0 amide bonds. The van der Waals surface area contributed by atoms with Crippen molar-refractivity contribution < 1.29 is 4.74 Å². The molecule has 0 unspecified atom stereocenters. The summed E-state index contributed by atoms with van der Waals surface area (Å²) in [6.07, 6.45) is 4.96. The highest BCUT2D eigenvalue weighted by Gasteiger charge is 2.34. The third-order valence-electron chi connectivity index (χ3n) is 4.51. The molecule has 0 radical (unpaired) electrons. The first-order valence-corrected chi connectivity index (χ1v) is 7.78. The molecule has 0 saturated heterocycles. The van der Waals surface area contributed by atoms with Crippen molar-refractivity contribution >= 4 is 11.6 Å². The lowest BCUT2D eigenvalue weighted by Gasteiger charge is -2.28. The van der Waals surface area contributed by atoms with E-state index in [4.69, 9.17) is 16.3 Å². The van der Waals surface area contributed by atoms with Gasteiger partial charge in [-0.25, -0.2) is 0 Å². The monoisotopic (exact) mass is 278 g/mol. The molecule has 1 saturated carbocycles. The molecule has 2 heteroatoms. The maximum Gasteiger partial charge on any atom is 0.141 e. The molecule has 1 aromatic carbocycles. The van der Waals surface area contributed by atoms with Crippen LogP contribution < -0.4 is 4.74 Å². The van der Waals surface area contributed by atoms with Crippen LogP contribution in [0.1, 0.15) is 57.1 Å². The second-order valence-electron chi connectivity index (χ2n) is 7.16. The average molecular weight is 279 g/mol. The summed E-state index contributed by atoms with van der Waals surface area (Å²) in [5, 5.41) is 0.786. The van der Waals surface area contributed by atoms with E-state index in [1.807, 2.05) is 6.07 Å². The quantitative estimate of drug-likeness (QED) is 0.738. The van der Waals surface area contributed by atoms with Crippen LogP contribution in [0.3, 0.4) is 0 Å². The second kappa shape index (κ2) is 4.70. The lowest BCUT2D eigenvalue weighted by molar-refractivity contribution is 0.297. The maximum absolute atomic E-state index is 6.35. The minimum atomic E-state index is 0.312. The third kappa shape index (κ3) is 2.63. The van der Waals surface area contributed by atoms with Crippen LogP contribution in [-0.4, -0.2) is 6.61 Å². The van der Waals surface area contributed by atoms with Crippen LogP contribution in [-0.2, 0) is 6.42 Å². The highest BCUT2D eigenvalue weighted by molar-refractivity contribution is 6.32. The van der Waals surface area contributed by atoms with Gasteiger partial charge in [0.1, 0.15) is 5.75 Å². The molecule has 0 heterocycles. The molecule has 3 rings (SSSR count). The molecule has 1 fully saturated rings. The SMILES string of the molecule is CC(C)(C)[C@H]1CCc2c1ccc(Cl)c2OCC1CC1. The minimum Gasteiger partial charge on any atom is -0.491 e. The number of hydrogen-bond acceptors (Lipinski definition) is 1. The zero-order chi connectivity index (χ0) is 13.6. The standard InChI is InChI=1S/C17H23ClO/c1-17(2,3)14-8-6-13-12(14)7-9-15(18)16(13)19-10-11-4-5-11/h7,9,11,14H,4-6,8,10H2,1-3H3/t14-/m0/s1. The highest BCUT2D eigenvalue weighted by atomic mass is 35.5. The Morgan fingerprint density at radius 3 is 2.58 bits per heavy atom. The van der Waals surface area contributed by atoms with Crippen molar-refractivity contribution in [3.63, 3.8) is 0 Å². The number of benzene rings is 1. The van der Waals surface area contributed by atoms with Gasteiger partial charge in [-0.3, -0.25) is 0 Å². The topological polar surface area (TPSA) is 9.23 Å². The molecule has 19 heavy (non-hydrogen) atoms. The van der Waals surface area contributed by atoms with E-state index >= 15 is 0 Å². The summed E-state index contributed by atoms with van der Waals surface area (Å²) in [4.78, 5) is 0. The van der Waals surface area contributed by atoms with E-state index < -0.39 is 0 Å². The molecule has 2 aliphatic carbocycles. The van der Waals surface area contributed by atoms with Gasteiger partial charge < -0.3 is 4.74 Å². The van der Waals surface area contributed by atoms with Crippen molar-refractivity contribution in [1.29, 1.82) is 0 Å². The van der Waals surface area contributed by atoms with Crippen molar-refractivity contribution in [1.82, 2.24) is 0 Å². The molecule has 0 bridgehead atoms. The van der Waals surface area contributed by atoms with Crippen molar-refractivity contribution in [2.24, 2.45) is 11.3 Å². The van der Waals surface area contributed by atoms with Gasteiger partial charge in [-0.15, -0.1) is 0 Å². The summed E-state index contributed by atoms with van der Waals surface area (Å²) >= 11 is 6.35. The predicted octanol–water partition coefficient (Wildman–Crippen LogP) is 5.20. The number of rotatable bonds is 3. The molecule has 104 valence electrons. The van der Waals surface area contributed by atoms with Gasteiger partial charge in [-0.05, 0) is 60.1 Å². The summed E-state index contributed by atoms with van der Waals surface area (Å²) in [5.41, 5.74) is 3.14. The maximum atomic E-state index is 6.35. The fourth-order valence-corrected chi connectivity index (χ4v) is 3.42. The molecule has 0 N–H and O–H groups in total. The lowest BCUT2D eigenvalue weighted by atomic mass is 9.77. The number of ether oxygens (including phenoxy) is 1. The van der Waals surface area contributed by atoms with Gasteiger partial charge in [-0.2, -0.15) is 0 Å². The first kappa shape index (κ1) is 13.3. The van der Waals surface area contributed by atoms with E-state index in [-0.39, 0.29) is 0 Å². The third-order valence-corrected chi connectivity index (χ3v) is 4.81. The fourth-order valence-electron chi connectivity index (χ4n) is 3.18. The first-order chi connectivity index (χ1) is 8.97. The number of halogens is 1. The van der Waals surface area contributed by atoms with Crippen molar-refractivity contribution in [3.8, 4) is 5.75 Å². The van der Waals surface area contributed by atoms with Crippen LogP contribution >= 0.6 is 11.6 Å². The van der Waals surface area contributed by atoms with Crippen molar-refractivity contribution in [2.45, 2.75) is 52.4 Å². The molecule has 0 spiro atoms. The predicted molar refractivity (Wildman–Crippen MR) is 80.2 cm³/mol. The van der Waals surface area contributed by atoms with E-state index in [0.717, 1.165) is 29.7 Å². The van der Waals surface area contributed by atoms with Crippen LogP contribution in [0.25, 0.3) is 0 Å². The largest absolute Gasteiger partial charge is 0.491 e. The van der Waals surface area contributed by atoms with E-state index in [1.165, 1.54) is 30.4 Å². The Morgan fingerprint density at radius 2 is 1.95 bits per heavy atom. The van der Waals surface area contributed by atoms with Gasteiger partial charge in [-0.1, -0.05) is 38.4 Å². The van der Waals surface area contributed by atoms with E-state index in [0.29, 0.717) is 11.3 Å². The molecule has 0 aromatic heterocycles. The smallest absolute Gasteiger partial charge is 0.141 e. The average Bonchev–Trinajstić information content (AvgIpc) is 3.03. The Bertz CT molecular complexity index is 483. The summed E-state index contributed by atoms with van der Waals surface area (Å²) < 4.78 is 6.03. The van der Waals surface area contributed by atoms with Gasteiger partial charge in [0.2, 0.25) is 0 Å². The van der Waals surface area contributed by atoms with E-state index in [9.17, 15) is 0 Å². The van der Waals surface area contributed by atoms with E-state index in [1.54, 1.807) is 0 Å². The van der Waals surface area contributed by atoms with Crippen LogP contribution in [0, 0.1) is 11.3 Å². The van der Waals surface area contributed by atoms with Crippen LogP contribution in [0.4, 0.5) is 0 Å². The van der Waals surface area contributed by atoms with Gasteiger partial charge in [0, 0.05) is 0 Å². The fraction of sp³-hybridized carbons (Fsp3) is 0.647. The van der Waals surface area contributed by atoms with Crippen molar-refractivity contribution in [3.05, 3.63) is 28.3 Å². The lowest BCUT2D eigenvalue weighted by Crippen LogP contribution is -2.15. The highest BCUT2D eigenvalue weighted by Crippen LogP contribution is 2.49. The summed E-state index contributed by atoms with van der Waals surface area (Å²) in [7, 11) is 0. The molecule has 1 aromatic rings. The Balaban J connectivity index is 1.90. The number of fused-ring (bicyclic) bond motifs is 1. The Labute approximate surface area is 121 Å². The zero-order valence-electron chi connectivity index (χ0n) is 12.1. The Morgan fingerprint density at radius 1 is 1.21 bits per heavy atom. The summed E-state index contributed by atoms with van der Waals surface area (Å²) in [6, 6.07) is 4.23. The van der Waals surface area contributed by atoms with Crippen LogP contribution in [0.15, 0.2) is 12.1 Å². The van der Waals surface area contributed by atoms with E-state index in [2.05, 4.69) is 26.8 Å². The van der Waals surface area contributed by atoms with Gasteiger partial charge in [0.25, 0.3) is 0 Å². The zero-order valence-corrected chi connectivity index (χ0v) is 12.9. The number of hydrogen-bond donors (Lipinski definition) is 0. The van der Waals surface area contributed by atoms with Gasteiger partial charge in [0.15, 0.2) is 0 Å². The molecular weight excluding hydrogens is 256 g/mol. The molecular formula is C17H23ClO. The summed E-state index contributed by atoms with van der Waals surface area (Å²) in [5.74, 6) is 2.37. The van der Waals surface area contributed by atoms with Crippen molar-refractivity contribution in [2.75, 3.05) is 6.61 Å². The van der Waals surface area contributed by atoms with Gasteiger partial charge >= 0.3 is 0 Å². The van der Waals surface area contributed by atoms with Crippen LogP contribution in [0.2, 0.25) is 5.02 Å². The summed E-state index contributed by atoms with van der Waals surface area (Å²) in [6.45, 7) is 7.82. The second-order valence-corrected chi connectivity index (χ2v) is 7.56. The van der Waals surface area contributed by atoms with Gasteiger partial charge in [0.05, 0.1) is 11.6 Å².